The van der Waals surface area contributed by atoms with Crippen molar-refractivity contribution >= 4 is 44.7 Å². The zero-order valence-electron chi connectivity index (χ0n) is 8.87. The van der Waals surface area contributed by atoms with Crippen LogP contribution in [0.15, 0.2) is 39.0 Å². The summed E-state index contributed by atoms with van der Waals surface area (Å²) < 4.78 is 1.16. The molecule has 0 radical (unpaired) electrons. The smallest absolute Gasteiger partial charge is 0.0326 e. The maximum Gasteiger partial charge on any atom is 0.0326 e. The highest BCUT2D eigenvalue weighted by Gasteiger charge is 2.02. The van der Waals surface area contributed by atoms with Crippen LogP contribution >= 0.6 is 39.0 Å². The van der Waals surface area contributed by atoms with Gasteiger partial charge >= 0.3 is 0 Å². The molecule has 16 heavy (non-hydrogen) atoms. The molecule has 0 amide bonds. The second kappa shape index (κ2) is 5.25. The van der Waals surface area contributed by atoms with Crippen LogP contribution in [0.2, 0.25) is 0 Å². The molecule has 1 aromatic heterocycles. The summed E-state index contributed by atoms with van der Waals surface area (Å²) in [7, 11) is 0. The minimum Gasteiger partial charge on any atom is -0.399 e. The Hall–Kier alpha value is -0.450. The Morgan fingerprint density at radius 2 is 2.19 bits per heavy atom. The Morgan fingerprint density at radius 1 is 1.38 bits per heavy atom. The van der Waals surface area contributed by atoms with Crippen LogP contribution in [0.25, 0.3) is 0 Å². The monoisotopic (exact) mass is 313 g/mol. The number of nitrogens with two attached hydrogens (primary N) is 1. The number of rotatable bonds is 3. The van der Waals surface area contributed by atoms with Crippen molar-refractivity contribution in [3.05, 3.63) is 44.6 Å². The highest BCUT2D eigenvalue weighted by atomic mass is 79.9. The second-order valence-electron chi connectivity index (χ2n) is 3.54. The number of anilines is 1. The van der Waals surface area contributed by atoms with E-state index in [2.05, 4.69) is 40.4 Å². The first kappa shape index (κ1) is 12.0. The summed E-state index contributed by atoms with van der Waals surface area (Å²) in [4.78, 5) is 2.64. The predicted octanol–water partition coefficient (Wildman–Crippen LogP) is 4.69. The van der Waals surface area contributed by atoms with Gasteiger partial charge in [-0.15, -0.1) is 23.1 Å². The van der Waals surface area contributed by atoms with E-state index in [1.165, 1.54) is 15.3 Å². The zero-order valence-corrected chi connectivity index (χ0v) is 12.1. The first-order valence-electron chi connectivity index (χ1n) is 4.87. The minimum atomic E-state index is 0.834. The predicted molar refractivity (Wildman–Crippen MR) is 77.2 cm³/mol. The van der Waals surface area contributed by atoms with Crippen molar-refractivity contribution in [2.75, 3.05) is 5.73 Å². The molecular weight excluding hydrogens is 302 g/mol. The lowest BCUT2D eigenvalue weighted by Crippen LogP contribution is -1.87. The van der Waals surface area contributed by atoms with Gasteiger partial charge in [0.2, 0.25) is 0 Å². The maximum absolute atomic E-state index is 5.78. The van der Waals surface area contributed by atoms with Crippen LogP contribution in [0.3, 0.4) is 0 Å². The molecule has 0 spiro atoms. The third-order valence-electron chi connectivity index (χ3n) is 2.20. The molecule has 84 valence electrons. The summed E-state index contributed by atoms with van der Waals surface area (Å²) in [6.07, 6.45) is 0. The van der Waals surface area contributed by atoms with Gasteiger partial charge in [-0.1, -0.05) is 6.07 Å². The Balaban J connectivity index is 2.07. The third-order valence-corrected chi connectivity index (χ3v) is 5.29. The number of halogens is 1. The topological polar surface area (TPSA) is 26.0 Å². The molecule has 0 saturated carbocycles. The van der Waals surface area contributed by atoms with E-state index in [1.807, 2.05) is 23.9 Å². The molecule has 0 atom stereocenters. The van der Waals surface area contributed by atoms with Crippen molar-refractivity contribution in [2.45, 2.75) is 17.6 Å². The van der Waals surface area contributed by atoms with Gasteiger partial charge in [-0.3, -0.25) is 0 Å². The van der Waals surface area contributed by atoms with Crippen LogP contribution in [-0.2, 0) is 5.75 Å². The lowest BCUT2D eigenvalue weighted by molar-refractivity contribution is 1.30. The highest BCUT2D eigenvalue weighted by Crippen LogP contribution is 2.30. The Kier molecular flexibility index (Phi) is 3.95. The van der Waals surface area contributed by atoms with Crippen LogP contribution in [0.4, 0.5) is 5.69 Å². The molecule has 0 aliphatic rings. The summed E-state index contributed by atoms with van der Waals surface area (Å²) in [5.74, 6) is 1.00. The summed E-state index contributed by atoms with van der Waals surface area (Å²) >= 11 is 7.08. The van der Waals surface area contributed by atoms with E-state index in [0.717, 1.165) is 15.9 Å². The van der Waals surface area contributed by atoms with Crippen molar-refractivity contribution in [1.82, 2.24) is 0 Å². The number of thioether (sulfide) groups is 1. The molecule has 2 aromatic rings. The average Bonchev–Trinajstić information content (AvgIpc) is 2.66. The fraction of sp³-hybridized carbons (Fsp3) is 0.167. The fourth-order valence-electron chi connectivity index (χ4n) is 1.35. The van der Waals surface area contributed by atoms with Crippen molar-refractivity contribution in [2.24, 2.45) is 0 Å². The summed E-state index contributed by atoms with van der Waals surface area (Å²) in [6.45, 7) is 2.12. The van der Waals surface area contributed by atoms with Crippen molar-refractivity contribution in [1.29, 1.82) is 0 Å². The average molecular weight is 314 g/mol. The molecule has 2 N–H and O–H groups in total. The molecule has 0 fully saturated rings. The van der Waals surface area contributed by atoms with E-state index < -0.39 is 0 Å². The molecule has 1 aromatic carbocycles. The van der Waals surface area contributed by atoms with Crippen molar-refractivity contribution < 1.29 is 0 Å². The number of thiophene rings is 1. The van der Waals surface area contributed by atoms with Crippen LogP contribution in [0, 0.1) is 6.92 Å². The lowest BCUT2D eigenvalue weighted by Gasteiger charge is -2.05. The van der Waals surface area contributed by atoms with Gasteiger partial charge in [-0.05, 0) is 46.6 Å². The number of aryl methyl sites for hydroxylation is 1. The number of nitrogen functional groups attached to an aromatic ring is 1. The second-order valence-corrected chi connectivity index (χ2v) is 6.47. The van der Waals surface area contributed by atoms with Gasteiger partial charge in [0.25, 0.3) is 0 Å². The number of hydrogen-bond acceptors (Lipinski definition) is 3. The maximum atomic E-state index is 5.78. The van der Waals surface area contributed by atoms with Gasteiger partial charge in [0.1, 0.15) is 0 Å². The van der Waals surface area contributed by atoms with E-state index in [0.29, 0.717) is 0 Å². The van der Waals surface area contributed by atoms with Gasteiger partial charge in [0, 0.05) is 31.1 Å². The molecule has 1 heterocycles. The Labute approximate surface area is 112 Å². The molecule has 2 rings (SSSR count). The van der Waals surface area contributed by atoms with E-state index in [1.54, 1.807) is 11.3 Å². The van der Waals surface area contributed by atoms with E-state index >= 15 is 0 Å². The van der Waals surface area contributed by atoms with Gasteiger partial charge < -0.3 is 5.73 Å². The lowest BCUT2D eigenvalue weighted by atomic mass is 10.2. The van der Waals surface area contributed by atoms with Crippen molar-refractivity contribution in [3.63, 3.8) is 0 Å². The van der Waals surface area contributed by atoms with E-state index in [-0.39, 0.29) is 0 Å². The Bertz CT molecular complexity index is 494. The van der Waals surface area contributed by atoms with Gasteiger partial charge in [-0.25, -0.2) is 0 Å². The largest absolute Gasteiger partial charge is 0.399 e. The summed E-state index contributed by atoms with van der Waals surface area (Å²) in [5, 5.41) is 2.11. The van der Waals surface area contributed by atoms with Crippen LogP contribution < -0.4 is 5.73 Å². The normalized spacial score (nSPS) is 10.6. The molecule has 0 aliphatic carbocycles. The molecule has 0 unspecified atom stereocenters. The number of hydrogen-bond donors (Lipinski definition) is 1. The highest BCUT2D eigenvalue weighted by molar-refractivity contribution is 9.10. The standard InChI is InChI=1S/C12H12BrNS2/c1-8-2-3-10(14)5-12(8)16-7-11-4-9(13)6-15-11/h2-6H,7,14H2,1H3. The fourth-order valence-corrected chi connectivity index (χ4v) is 3.93. The SMILES string of the molecule is Cc1ccc(N)cc1SCc1cc(Br)cs1. The summed E-state index contributed by atoms with van der Waals surface area (Å²) in [6, 6.07) is 8.23. The minimum absolute atomic E-state index is 0.834. The first-order valence-corrected chi connectivity index (χ1v) is 7.53. The molecule has 0 saturated heterocycles. The molecule has 0 aliphatic heterocycles. The van der Waals surface area contributed by atoms with Gasteiger partial charge in [-0.2, -0.15) is 0 Å². The van der Waals surface area contributed by atoms with Crippen LogP contribution in [-0.4, -0.2) is 0 Å². The van der Waals surface area contributed by atoms with Crippen molar-refractivity contribution in [3.8, 4) is 0 Å². The van der Waals surface area contributed by atoms with Crippen LogP contribution in [0.5, 0.6) is 0 Å². The van der Waals surface area contributed by atoms with Gasteiger partial charge in [0.15, 0.2) is 0 Å². The molecule has 0 bridgehead atoms. The Morgan fingerprint density at radius 3 is 2.88 bits per heavy atom. The quantitative estimate of drug-likeness (QED) is 0.657. The van der Waals surface area contributed by atoms with E-state index in [4.69, 9.17) is 5.73 Å². The van der Waals surface area contributed by atoms with Gasteiger partial charge in [0.05, 0.1) is 0 Å². The third kappa shape index (κ3) is 3.03. The molecule has 4 heteroatoms. The first-order chi connectivity index (χ1) is 7.65. The zero-order chi connectivity index (χ0) is 11.5. The van der Waals surface area contributed by atoms with Crippen LogP contribution in [0.1, 0.15) is 10.4 Å². The number of benzene rings is 1. The molecular formula is C12H12BrNS2. The summed E-state index contributed by atoms with van der Waals surface area (Å²) in [5.41, 5.74) is 7.90. The molecule has 1 nitrogen and oxygen atoms in total. The van der Waals surface area contributed by atoms with E-state index in [9.17, 15) is 0 Å².